The lowest BCUT2D eigenvalue weighted by molar-refractivity contribution is 0.573. The zero-order chi connectivity index (χ0) is 20.8. The summed E-state index contributed by atoms with van der Waals surface area (Å²) >= 11 is 0. The molecule has 4 rings (SSSR count). The Hall–Kier alpha value is -2.76. The zero-order valence-electron chi connectivity index (χ0n) is 18.3. The molecule has 2 aromatic rings. The Kier molecular flexibility index (Phi) is 6.72. The van der Waals surface area contributed by atoms with Crippen molar-refractivity contribution in [3.8, 4) is 0 Å². The first-order valence-electron chi connectivity index (χ1n) is 11.2. The number of aromatic nitrogens is 1. The van der Waals surface area contributed by atoms with Crippen LogP contribution in [0, 0.1) is 6.92 Å². The van der Waals surface area contributed by atoms with Gasteiger partial charge in [0.1, 0.15) is 5.82 Å². The molecule has 2 aliphatic heterocycles. The molecule has 0 spiro atoms. The van der Waals surface area contributed by atoms with E-state index in [0.717, 1.165) is 50.9 Å². The van der Waals surface area contributed by atoms with Gasteiger partial charge in [0.25, 0.3) is 0 Å². The fraction of sp³-hybridized carbons (Fsp3) is 0.500. The standard InChI is InChI=1S/C24H34N6/c1-19-6-8-22(9-7-19)30-15-11-21(18-30)28-24(25-2)27-17-20-10-12-26-23(16-20)29-13-4-3-5-14-29/h6-10,12,16,21H,3-5,11,13-15,17-18H2,1-2H3,(H2,25,27,28). The molecule has 3 heterocycles. The predicted molar refractivity (Wildman–Crippen MR) is 125 cm³/mol. The van der Waals surface area contributed by atoms with Gasteiger partial charge in [0.15, 0.2) is 5.96 Å². The summed E-state index contributed by atoms with van der Waals surface area (Å²) in [5.41, 5.74) is 3.84. The minimum Gasteiger partial charge on any atom is -0.369 e. The van der Waals surface area contributed by atoms with Gasteiger partial charge in [-0.25, -0.2) is 4.98 Å². The third-order valence-electron chi connectivity index (χ3n) is 6.10. The summed E-state index contributed by atoms with van der Waals surface area (Å²) in [7, 11) is 1.84. The van der Waals surface area contributed by atoms with Crippen molar-refractivity contribution in [1.29, 1.82) is 0 Å². The highest BCUT2D eigenvalue weighted by atomic mass is 15.2. The fourth-order valence-corrected chi connectivity index (χ4v) is 4.31. The second-order valence-corrected chi connectivity index (χ2v) is 8.41. The Morgan fingerprint density at radius 3 is 2.63 bits per heavy atom. The third-order valence-corrected chi connectivity index (χ3v) is 6.10. The molecule has 30 heavy (non-hydrogen) atoms. The number of piperidine rings is 1. The molecule has 2 fully saturated rings. The Bertz CT molecular complexity index is 841. The summed E-state index contributed by atoms with van der Waals surface area (Å²) in [6, 6.07) is 13.5. The van der Waals surface area contributed by atoms with Crippen molar-refractivity contribution in [3.05, 3.63) is 53.7 Å². The Balaban J connectivity index is 1.29. The van der Waals surface area contributed by atoms with E-state index in [1.54, 1.807) is 0 Å². The monoisotopic (exact) mass is 406 g/mol. The van der Waals surface area contributed by atoms with Crippen LogP contribution in [-0.2, 0) is 6.54 Å². The SMILES string of the molecule is CN=C(NCc1ccnc(N2CCCCC2)c1)NC1CCN(c2ccc(C)cc2)C1. The van der Waals surface area contributed by atoms with E-state index < -0.39 is 0 Å². The molecule has 0 bridgehead atoms. The molecule has 6 nitrogen and oxygen atoms in total. The molecule has 0 radical (unpaired) electrons. The molecule has 2 aliphatic rings. The molecule has 0 aliphatic carbocycles. The van der Waals surface area contributed by atoms with Crippen molar-refractivity contribution in [1.82, 2.24) is 15.6 Å². The van der Waals surface area contributed by atoms with Gasteiger partial charge in [0.05, 0.1) is 0 Å². The lowest BCUT2D eigenvalue weighted by atomic mass is 10.1. The number of aliphatic imine (C=N–C) groups is 1. The Morgan fingerprint density at radius 2 is 1.87 bits per heavy atom. The lowest BCUT2D eigenvalue weighted by Crippen LogP contribution is -2.44. The van der Waals surface area contributed by atoms with Crippen LogP contribution in [0.3, 0.4) is 0 Å². The smallest absolute Gasteiger partial charge is 0.191 e. The van der Waals surface area contributed by atoms with Crippen LogP contribution in [0.4, 0.5) is 11.5 Å². The average Bonchev–Trinajstić information content (AvgIpc) is 3.26. The first-order chi connectivity index (χ1) is 14.7. The summed E-state index contributed by atoms with van der Waals surface area (Å²) in [6.45, 7) is 7.18. The number of aryl methyl sites for hydroxylation is 1. The summed E-state index contributed by atoms with van der Waals surface area (Å²) < 4.78 is 0. The van der Waals surface area contributed by atoms with Crippen molar-refractivity contribution in [2.24, 2.45) is 4.99 Å². The number of hydrogen-bond acceptors (Lipinski definition) is 4. The molecule has 0 amide bonds. The van der Waals surface area contributed by atoms with Gasteiger partial charge in [-0.1, -0.05) is 17.7 Å². The van der Waals surface area contributed by atoms with Crippen molar-refractivity contribution < 1.29 is 0 Å². The summed E-state index contributed by atoms with van der Waals surface area (Å²) in [6.07, 6.45) is 6.90. The number of hydrogen-bond donors (Lipinski definition) is 2. The third kappa shape index (κ3) is 5.23. The van der Waals surface area contributed by atoms with E-state index in [1.807, 2.05) is 13.2 Å². The average molecular weight is 407 g/mol. The molecule has 2 N–H and O–H groups in total. The molecule has 6 heteroatoms. The van der Waals surface area contributed by atoms with E-state index in [9.17, 15) is 0 Å². The van der Waals surface area contributed by atoms with Gasteiger partial charge in [-0.15, -0.1) is 0 Å². The van der Waals surface area contributed by atoms with Crippen LogP contribution < -0.4 is 20.4 Å². The number of anilines is 2. The number of rotatable bonds is 5. The molecule has 2 saturated heterocycles. The summed E-state index contributed by atoms with van der Waals surface area (Å²) in [5.74, 6) is 1.96. The molecular weight excluding hydrogens is 372 g/mol. The van der Waals surface area contributed by atoms with Gasteiger partial charge in [-0.05, 0) is 62.4 Å². The van der Waals surface area contributed by atoms with Gasteiger partial charge >= 0.3 is 0 Å². The van der Waals surface area contributed by atoms with Crippen LogP contribution in [0.25, 0.3) is 0 Å². The largest absolute Gasteiger partial charge is 0.369 e. The number of nitrogens with zero attached hydrogens (tertiary/aromatic N) is 4. The molecule has 160 valence electrons. The highest BCUT2D eigenvalue weighted by Crippen LogP contribution is 2.21. The van der Waals surface area contributed by atoms with Crippen LogP contribution >= 0.6 is 0 Å². The van der Waals surface area contributed by atoms with Crippen LogP contribution in [0.5, 0.6) is 0 Å². The maximum Gasteiger partial charge on any atom is 0.191 e. The quantitative estimate of drug-likeness (QED) is 0.589. The summed E-state index contributed by atoms with van der Waals surface area (Å²) in [5, 5.41) is 7.08. The normalized spacial score (nSPS) is 19.8. The van der Waals surface area contributed by atoms with E-state index >= 15 is 0 Å². The van der Waals surface area contributed by atoms with Crippen LogP contribution in [-0.4, -0.2) is 50.2 Å². The minimum atomic E-state index is 0.402. The Morgan fingerprint density at radius 1 is 1.07 bits per heavy atom. The number of guanidine groups is 1. The van der Waals surface area contributed by atoms with E-state index in [1.165, 1.54) is 36.1 Å². The predicted octanol–water partition coefficient (Wildman–Crippen LogP) is 3.32. The van der Waals surface area contributed by atoms with Gasteiger partial charge < -0.3 is 20.4 Å². The van der Waals surface area contributed by atoms with Crippen LogP contribution in [0.2, 0.25) is 0 Å². The zero-order valence-corrected chi connectivity index (χ0v) is 18.3. The number of pyridine rings is 1. The van der Waals surface area contributed by atoms with Gasteiger partial charge in [0.2, 0.25) is 0 Å². The highest BCUT2D eigenvalue weighted by molar-refractivity contribution is 5.80. The van der Waals surface area contributed by atoms with Crippen molar-refractivity contribution >= 4 is 17.5 Å². The maximum absolute atomic E-state index is 4.58. The van der Waals surface area contributed by atoms with Crippen molar-refractivity contribution in [3.63, 3.8) is 0 Å². The first-order valence-corrected chi connectivity index (χ1v) is 11.2. The van der Waals surface area contributed by atoms with E-state index in [-0.39, 0.29) is 0 Å². The number of benzene rings is 1. The van der Waals surface area contributed by atoms with Crippen LogP contribution in [0.15, 0.2) is 47.6 Å². The highest BCUT2D eigenvalue weighted by Gasteiger charge is 2.23. The van der Waals surface area contributed by atoms with E-state index in [0.29, 0.717) is 6.04 Å². The Labute approximate surface area is 180 Å². The summed E-state index contributed by atoms with van der Waals surface area (Å²) in [4.78, 5) is 13.9. The van der Waals surface area contributed by atoms with Gasteiger partial charge in [-0.3, -0.25) is 4.99 Å². The molecule has 0 saturated carbocycles. The first kappa shape index (κ1) is 20.5. The second kappa shape index (κ2) is 9.83. The second-order valence-electron chi connectivity index (χ2n) is 8.41. The molecule has 1 aromatic heterocycles. The lowest BCUT2D eigenvalue weighted by Gasteiger charge is -2.28. The van der Waals surface area contributed by atoms with Crippen molar-refractivity contribution in [2.75, 3.05) is 43.0 Å². The van der Waals surface area contributed by atoms with E-state index in [2.05, 4.69) is 73.7 Å². The van der Waals surface area contributed by atoms with Gasteiger partial charge in [-0.2, -0.15) is 0 Å². The molecule has 1 aromatic carbocycles. The minimum absolute atomic E-state index is 0.402. The van der Waals surface area contributed by atoms with Crippen molar-refractivity contribution in [2.45, 2.75) is 45.2 Å². The van der Waals surface area contributed by atoms with Crippen LogP contribution in [0.1, 0.15) is 36.8 Å². The van der Waals surface area contributed by atoms with E-state index in [4.69, 9.17) is 0 Å². The molecule has 1 atom stereocenters. The van der Waals surface area contributed by atoms with Gasteiger partial charge in [0, 0.05) is 57.7 Å². The maximum atomic E-state index is 4.58. The fourth-order valence-electron chi connectivity index (χ4n) is 4.31. The molecule has 1 unspecified atom stereocenters. The number of nitrogens with one attached hydrogen (secondary N) is 2. The molecular formula is C24H34N6. The topological polar surface area (TPSA) is 55.8 Å².